The lowest BCUT2D eigenvalue weighted by atomic mass is 9.95. The van der Waals surface area contributed by atoms with Crippen LogP contribution in [0.4, 0.5) is 5.69 Å². The smallest absolute Gasteiger partial charge is 0.269 e. The van der Waals surface area contributed by atoms with E-state index in [1.807, 2.05) is 18.7 Å². The van der Waals surface area contributed by atoms with Crippen LogP contribution >= 0.6 is 0 Å². The quantitative estimate of drug-likeness (QED) is 0.535. The Hall–Kier alpha value is -2.81. The third-order valence-corrected chi connectivity index (χ3v) is 5.23. The zero-order valence-corrected chi connectivity index (χ0v) is 16.3. The number of aromatic nitrogens is 3. The molecule has 0 spiro atoms. The predicted octanol–water partition coefficient (Wildman–Crippen LogP) is 2.39. The molecule has 1 aromatic heterocycles. The minimum absolute atomic E-state index is 0.0466. The molecule has 2 aromatic rings. The molecule has 0 aliphatic carbocycles. The summed E-state index contributed by atoms with van der Waals surface area (Å²) in [6.45, 7) is 7.88. The first-order valence-corrected chi connectivity index (χ1v) is 9.67. The number of rotatable bonds is 7. The van der Waals surface area contributed by atoms with Gasteiger partial charge in [-0.3, -0.25) is 19.8 Å². The van der Waals surface area contributed by atoms with E-state index in [4.69, 9.17) is 0 Å². The van der Waals surface area contributed by atoms with Crippen molar-refractivity contribution in [2.75, 3.05) is 26.2 Å². The molecular formula is C19H26N6O3. The summed E-state index contributed by atoms with van der Waals surface area (Å²) in [7, 11) is 0. The second-order valence-electron chi connectivity index (χ2n) is 6.96. The van der Waals surface area contributed by atoms with Crippen LogP contribution < -0.4 is 0 Å². The number of nitrogens with zero attached hydrogens (tertiary/aromatic N) is 6. The third-order valence-electron chi connectivity index (χ3n) is 5.23. The van der Waals surface area contributed by atoms with Crippen molar-refractivity contribution in [2.45, 2.75) is 33.4 Å². The Labute approximate surface area is 164 Å². The molecular weight excluding hydrogens is 360 g/mol. The molecule has 9 nitrogen and oxygen atoms in total. The van der Waals surface area contributed by atoms with E-state index in [1.165, 1.54) is 12.1 Å². The van der Waals surface area contributed by atoms with Crippen molar-refractivity contribution < 1.29 is 9.72 Å². The van der Waals surface area contributed by atoms with E-state index in [0.717, 1.165) is 44.6 Å². The maximum atomic E-state index is 12.5. The fourth-order valence-corrected chi connectivity index (χ4v) is 3.55. The second-order valence-corrected chi connectivity index (χ2v) is 6.96. The molecule has 0 saturated carbocycles. The Kier molecular flexibility index (Phi) is 6.35. The van der Waals surface area contributed by atoms with Gasteiger partial charge in [-0.2, -0.15) is 0 Å². The van der Waals surface area contributed by atoms with Gasteiger partial charge in [-0.05, 0) is 38.8 Å². The molecule has 1 aliphatic rings. The highest BCUT2D eigenvalue weighted by molar-refractivity contribution is 5.78. The van der Waals surface area contributed by atoms with E-state index in [2.05, 4.69) is 15.0 Å². The van der Waals surface area contributed by atoms with Gasteiger partial charge >= 0.3 is 0 Å². The first-order valence-electron chi connectivity index (χ1n) is 9.67. The van der Waals surface area contributed by atoms with E-state index < -0.39 is 4.92 Å². The highest BCUT2D eigenvalue weighted by Gasteiger charge is 2.27. The molecule has 0 radical (unpaired) electrons. The number of hydrogen-bond acceptors (Lipinski definition) is 6. The van der Waals surface area contributed by atoms with Crippen molar-refractivity contribution >= 4 is 11.6 Å². The van der Waals surface area contributed by atoms with Crippen LogP contribution in [0.25, 0.3) is 11.4 Å². The van der Waals surface area contributed by atoms with Gasteiger partial charge in [0.1, 0.15) is 6.33 Å². The number of non-ortho nitro benzene ring substituents is 1. The Morgan fingerprint density at radius 3 is 2.43 bits per heavy atom. The minimum Gasteiger partial charge on any atom is -0.343 e. The summed E-state index contributed by atoms with van der Waals surface area (Å²) < 4.78 is 1.77. The Morgan fingerprint density at radius 1 is 1.21 bits per heavy atom. The Balaban J connectivity index is 1.55. The fourth-order valence-electron chi connectivity index (χ4n) is 3.55. The number of carbonyl (C=O) groups is 1. The maximum absolute atomic E-state index is 12.5. The Bertz CT molecular complexity index is 807. The van der Waals surface area contributed by atoms with Gasteiger partial charge in [0, 0.05) is 49.8 Å². The predicted molar refractivity (Wildman–Crippen MR) is 104 cm³/mol. The average molecular weight is 386 g/mol. The van der Waals surface area contributed by atoms with Gasteiger partial charge in [0.05, 0.1) is 11.6 Å². The van der Waals surface area contributed by atoms with Crippen LogP contribution in [0.1, 0.15) is 26.7 Å². The largest absolute Gasteiger partial charge is 0.343 e. The first-order chi connectivity index (χ1) is 13.5. The molecule has 1 fully saturated rings. The lowest BCUT2D eigenvalue weighted by Crippen LogP contribution is -2.42. The summed E-state index contributed by atoms with van der Waals surface area (Å²) in [5, 5.41) is 15.2. The fraction of sp³-hybridized carbons (Fsp3) is 0.526. The molecule has 2 heterocycles. The first kappa shape index (κ1) is 19.9. The molecule has 1 aromatic carbocycles. The molecule has 28 heavy (non-hydrogen) atoms. The monoisotopic (exact) mass is 386 g/mol. The summed E-state index contributed by atoms with van der Waals surface area (Å²) in [5.41, 5.74) is 0.790. The molecule has 1 aliphatic heterocycles. The molecule has 0 unspecified atom stereocenters. The van der Waals surface area contributed by atoms with Gasteiger partial charge in [-0.1, -0.05) is 0 Å². The zero-order valence-electron chi connectivity index (χ0n) is 16.3. The van der Waals surface area contributed by atoms with E-state index in [1.54, 1.807) is 23.1 Å². The van der Waals surface area contributed by atoms with E-state index in [9.17, 15) is 14.9 Å². The summed E-state index contributed by atoms with van der Waals surface area (Å²) in [6, 6.07) is 6.21. The number of piperidine rings is 1. The van der Waals surface area contributed by atoms with Crippen LogP contribution in [0.2, 0.25) is 0 Å². The molecule has 1 amide bonds. The molecule has 1 saturated heterocycles. The van der Waals surface area contributed by atoms with E-state index in [-0.39, 0.29) is 17.5 Å². The SMILES string of the molecule is CCN(CC)C(=O)C1CCN(Cn2cnc(-c3ccc([N+](=O)[O-])cc3)n2)CC1. The number of likely N-dealkylation sites (tertiary alicyclic amines) is 1. The van der Waals surface area contributed by atoms with Gasteiger partial charge in [0.2, 0.25) is 5.91 Å². The summed E-state index contributed by atoms with van der Waals surface area (Å²) in [6.07, 6.45) is 3.39. The van der Waals surface area contributed by atoms with Crippen molar-refractivity contribution in [3.8, 4) is 11.4 Å². The van der Waals surface area contributed by atoms with E-state index in [0.29, 0.717) is 12.5 Å². The number of nitro groups is 1. The van der Waals surface area contributed by atoms with Crippen LogP contribution in [-0.2, 0) is 11.5 Å². The number of benzene rings is 1. The molecule has 0 bridgehead atoms. The van der Waals surface area contributed by atoms with Crippen molar-refractivity contribution in [2.24, 2.45) is 5.92 Å². The number of nitro benzene ring substituents is 1. The van der Waals surface area contributed by atoms with Gasteiger partial charge in [-0.25, -0.2) is 9.67 Å². The van der Waals surface area contributed by atoms with Gasteiger partial charge < -0.3 is 4.90 Å². The summed E-state index contributed by atoms with van der Waals surface area (Å²) in [5.74, 6) is 0.926. The topological polar surface area (TPSA) is 97.4 Å². The lowest BCUT2D eigenvalue weighted by molar-refractivity contribution is -0.384. The minimum atomic E-state index is -0.426. The Morgan fingerprint density at radius 2 is 1.86 bits per heavy atom. The number of carbonyl (C=O) groups excluding carboxylic acids is 1. The maximum Gasteiger partial charge on any atom is 0.269 e. The standard InChI is InChI=1S/C19H26N6O3/c1-3-23(4-2)19(26)16-9-11-22(12-10-16)14-24-13-20-18(21-24)15-5-7-17(8-6-15)25(27)28/h5-8,13,16H,3-4,9-12,14H2,1-2H3. The van der Waals surface area contributed by atoms with Crippen molar-refractivity contribution in [3.05, 3.63) is 40.7 Å². The molecule has 150 valence electrons. The number of amides is 1. The molecule has 0 N–H and O–H groups in total. The number of hydrogen-bond donors (Lipinski definition) is 0. The van der Waals surface area contributed by atoms with Crippen molar-refractivity contribution in [3.63, 3.8) is 0 Å². The highest BCUT2D eigenvalue weighted by atomic mass is 16.6. The highest BCUT2D eigenvalue weighted by Crippen LogP contribution is 2.21. The van der Waals surface area contributed by atoms with Crippen molar-refractivity contribution in [1.82, 2.24) is 24.6 Å². The van der Waals surface area contributed by atoms with Crippen molar-refractivity contribution in [1.29, 1.82) is 0 Å². The third kappa shape index (κ3) is 4.53. The molecule has 3 rings (SSSR count). The summed E-state index contributed by atoms with van der Waals surface area (Å²) >= 11 is 0. The van der Waals surface area contributed by atoms with Gasteiger partial charge in [-0.15, -0.1) is 5.10 Å². The van der Waals surface area contributed by atoms with E-state index >= 15 is 0 Å². The van der Waals surface area contributed by atoms with Crippen LogP contribution in [0.15, 0.2) is 30.6 Å². The van der Waals surface area contributed by atoms with Crippen LogP contribution in [-0.4, -0.2) is 61.6 Å². The molecule has 9 heteroatoms. The normalized spacial score (nSPS) is 15.5. The molecule has 0 atom stereocenters. The summed E-state index contributed by atoms with van der Waals surface area (Å²) in [4.78, 5) is 31.3. The average Bonchev–Trinajstić information content (AvgIpc) is 3.18. The van der Waals surface area contributed by atoms with Gasteiger partial charge in [0.25, 0.3) is 5.69 Å². The second kappa shape index (κ2) is 8.92. The lowest BCUT2D eigenvalue weighted by Gasteiger charge is -2.33. The van der Waals surface area contributed by atoms with Crippen LogP contribution in [0.3, 0.4) is 0 Å². The van der Waals surface area contributed by atoms with Crippen LogP contribution in [0, 0.1) is 16.0 Å². The zero-order chi connectivity index (χ0) is 20.1. The van der Waals surface area contributed by atoms with Crippen LogP contribution in [0.5, 0.6) is 0 Å². The van der Waals surface area contributed by atoms with Gasteiger partial charge in [0.15, 0.2) is 5.82 Å².